The molecule has 3 aromatic rings. The lowest BCUT2D eigenvalue weighted by Crippen LogP contribution is -1.90. The van der Waals surface area contributed by atoms with Crippen molar-refractivity contribution in [1.82, 2.24) is 9.38 Å². The van der Waals surface area contributed by atoms with E-state index < -0.39 is 5.82 Å². The fourth-order valence-electron chi connectivity index (χ4n) is 1.84. The standard InChI is InChI=1S/C13H10FN3O/c14-9-4-3-8(6-10(9)15)11-7-17-5-1-2-12(18)13(17)16-11/h1-7,18H,15H2. The fourth-order valence-corrected chi connectivity index (χ4v) is 1.84. The summed E-state index contributed by atoms with van der Waals surface area (Å²) >= 11 is 0. The van der Waals surface area contributed by atoms with Crippen molar-refractivity contribution >= 4 is 11.3 Å². The Morgan fingerprint density at radius 2 is 2.11 bits per heavy atom. The average Bonchev–Trinajstić information content (AvgIpc) is 2.78. The van der Waals surface area contributed by atoms with E-state index in [-0.39, 0.29) is 11.4 Å². The molecule has 0 radical (unpaired) electrons. The molecule has 0 amide bonds. The Kier molecular flexibility index (Phi) is 2.19. The lowest BCUT2D eigenvalue weighted by molar-refractivity contribution is 0.477. The molecule has 0 aliphatic heterocycles. The third-order valence-corrected chi connectivity index (χ3v) is 2.75. The van der Waals surface area contributed by atoms with E-state index in [0.717, 1.165) is 0 Å². The number of hydrogen-bond donors (Lipinski definition) is 2. The largest absolute Gasteiger partial charge is 0.504 e. The Hall–Kier alpha value is -2.56. The zero-order chi connectivity index (χ0) is 12.7. The van der Waals surface area contributed by atoms with Crippen LogP contribution in [0.3, 0.4) is 0 Å². The number of benzene rings is 1. The smallest absolute Gasteiger partial charge is 0.180 e. The molecule has 0 aliphatic carbocycles. The number of aromatic nitrogens is 2. The summed E-state index contributed by atoms with van der Waals surface area (Å²) in [6.07, 6.45) is 3.53. The third-order valence-electron chi connectivity index (χ3n) is 2.75. The maximum Gasteiger partial charge on any atom is 0.180 e. The molecule has 3 rings (SSSR count). The van der Waals surface area contributed by atoms with Gasteiger partial charge in [0.05, 0.1) is 11.4 Å². The molecule has 0 atom stereocenters. The Labute approximate surface area is 102 Å². The average molecular weight is 243 g/mol. The summed E-state index contributed by atoms with van der Waals surface area (Å²) in [7, 11) is 0. The SMILES string of the molecule is Nc1cc(-c2cn3cccc(O)c3n2)ccc1F. The maximum atomic E-state index is 13.1. The summed E-state index contributed by atoms with van der Waals surface area (Å²) < 4.78 is 14.8. The molecule has 3 N–H and O–H groups in total. The van der Waals surface area contributed by atoms with Gasteiger partial charge in [-0.3, -0.25) is 0 Å². The minimum atomic E-state index is -0.453. The van der Waals surface area contributed by atoms with Crippen molar-refractivity contribution in [3.05, 3.63) is 48.5 Å². The van der Waals surface area contributed by atoms with Crippen molar-refractivity contribution in [2.24, 2.45) is 0 Å². The van der Waals surface area contributed by atoms with E-state index in [4.69, 9.17) is 5.73 Å². The van der Waals surface area contributed by atoms with Crippen molar-refractivity contribution in [1.29, 1.82) is 0 Å². The zero-order valence-corrected chi connectivity index (χ0v) is 9.34. The number of nitrogen functional groups attached to an aromatic ring is 1. The highest BCUT2D eigenvalue weighted by Crippen LogP contribution is 2.25. The van der Waals surface area contributed by atoms with Crippen LogP contribution in [-0.2, 0) is 0 Å². The Morgan fingerprint density at radius 1 is 1.28 bits per heavy atom. The summed E-state index contributed by atoms with van der Waals surface area (Å²) in [5.74, 6) is -0.357. The lowest BCUT2D eigenvalue weighted by Gasteiger charge is -1.99. The van der Waals surface area contributed by atoms with Crippen LogP contribution in [0.5, 0.6) is 5.75 Å². The van der Waals surface area contributed by atoms with Gasteiger partial charge in [0.25, 0.3) is 0 Å². The second-order valence-corrected chi connectivity index (χ2v) is 3.99. The van der Waals surface area contributed by atoms with Gasteiger partial charge in [-0.2, -0.15) is 0 Å². The van der Waals surface area contributed by atoms with Crippen LogP contribution in [-0.4, -0.2) is 14.5 Å². The minimum Gasteiger partial charge on any atom is -0.504 e. The monoisotopic (exact) mass is 243 g/mol. The molecule has 0 spiro atoms. The number of halogens is 1. The minimum absolute atomic E-state index is 0.0776. The van der Waals surface area contributed by atoms with Gasteiger partial charge >= 0.3 is 0 Å². The Balaban J connectivity index is 2.19. The molecule has 0 unspecified atom stereocenters. The normalized spacial score (nSPS) is 10.9. The summed E-state index contributed by atoms with van der Waals surface area (Å²) in [5.41, 5.74) is 7.39. The number of fused-ring (bicyclic) bond motifs is 1. The second-order valence-electron chi connectivity index (χ2n) is 3.99. The number of pyridine rings is 1. The highest BCUT2D eigenvalue weighted by atomic mass is 19.1. The second kappa shape index (κ2) is 3.73. The number of rotatable bonds is 1. The van der Waals surface area contributed by atoms with E-state index in [1.54, 1.807) is 35.0 Å². The maximum absolute atomic E-state index is 13.1. The lowest BCUT2D eigenvalue weighted by atomic mass is 10.1. The molecule has 0 saturated carbocycles. The number of anilines is 1. The number of imidazole rings is 1. The van der Waals surface area contributed by atoms with E-state index in [1.807, 2.05) is 0 Å². The highest BCUT2D eigenvalue weighted by Gasteiger charge is 2.08. The summed E-state index contributed by atoms with van der Waals surface area (Å²) in [5, 5.41) is 9.66. The van der Waals surface area contributed by atoms with Crippen LogP contribution in [0.1, 0.15) is 0 Å². The molecule has 2 heterocycles. The molecule has 0 bridgehead atoms. The van der Waals surface area contributed by atoms with Crippen LogP contribution < -0.4 is 5.73 Å². The molecule has 2 aromatic heterocycles. The molecule has 5 heteroatoms. The van der Waals surface area contributed by atoms with Gasteiger partial charge in [-0.1, -0.05) is 0 Å². The predicted molar refractivity (Wildman–Crippen MR) is 66.7 cm³/mol. The quantitative estimate of drug-likeness (QED) is 0.645. The summed E-state index contributed by atoms with van der Waals surface area (Å²) in [6, 6.07) is 7.70. The third kappa shape index (κ3) is 1.57. The van der Waals surface area contributed by atoms with Crippen LogP contribution in [0.15, 0.2) is 42.7 Å². The topological polar surface area (TPSA) is 63.5 Å². The van der Waals surface area contributed by atoms with Gasteiger partial charge in [0.1, 0.15) is 5.82 Å². The molecular weight excluding hydrogens is 233 g/mol. The Bertz CT molecular complexity index is 736. The van der Waals surface area contributed by atoms with E-state index in [2.05, 4.69) is 4.98 Å². The number of nitrogens with two attached hydrogens (primary N) is 1. The first-order chi connectivity index (χ1) is 8.65. The van der Waals surface area contributed by atoms with Crippen LogP contribution >= 0.6 is 0 Å². The highest BCUT2D eigenvalue weighted by molar-refractivity contribution is 5.68. The molecule has 4 nitrogen and oxygen atoms in total. The summed E-state index contributed by atoms with van der Waals surface area (Å²) in [4.78, 5) is 4.29. The number of nitrogens with zero attached hydrogens (tertiary/aromatic N) is 2. The van der Waals surface area contributed by atoms with Gasteiger partial charge in [-0.25, -0.2) is 9.37 Å². The molecule has 1 aromatic carbocycles. The summed E-state index contributed by atoms with van der Waals surface area (Å²) in [6.45, 7) is 0. The molecular formula is C13H10FN3O. The number of aromatic hydroxyl groups is 1. The van der Waals surface area contributed by atoms with Gasteiger partial charge in [0.2, 0.25) is 0 Å². The van der Waals surface area contributed by atoms with Crippen molar-refractivity contribution in [3.8, 4) is 17.0 Å². The van der Waals surface area contributed by atoms with Crippen molar-refractivity contribution in [3.63, 3.8) is 0 Å². The van der Waals surface area contributed by atoms with Crippen molar-refractivity contribution in [2.45, 2.75) is 0 Å². The predicted octanol–water partition coefficient (Wildman–Crippen LogP) is 2.43. The van der Waals surface area contributed by atoms with Crippen molar-refractivity contribution in [2.75, 3.05) is 5.73 Å². The van der Waals surface area contributed by atoms with Gasteiger partial charge in [0.15, 0.2) is 11.4 Å². The van der Waals surface area contributed by atoms with Gasteiger partial charge in [-0.15, -0.1) is 0 Å². The van der Waals surface area contributed by atoms with Gasteiger partial charge < -0.3 is 15.2 Å². The first kappa shape index (κ1) is 10.6. The van der Waals surface area contributed by atoms with Crippen molar-refractivity contribution < 1.29 is 9.50 Å². The molecule has 0 saturated heterocycles. The number of hydrogen-bond acceptors (Lipinski definition) is 3. The van der Waals surface area contributed by atoms with Gasteiger partial charge in [-0.05, 0) is 30.3 Å². The first-order valence-corrected chi connectivity index (χ1v) is 5.37. The van der Waals surface area contributed by atoms with Crippen LogP contribution in [0.25, 0.3) is 16.9 Å². The van der Waals surface area contributed by atoms with Crippen LogP contribution in [0, 0.1) is 5.82 Å². The van der Waals surface area contributed by atoms with Gasteiger partial charge in [0, 0.05) is 18.0 Å². The fraction of sp³-hybridized carbons (Fsp3) is 0. The van der Waals surface area contributed by atoms with E-state index in [1.165, 1.54) is 12.1 Å². The van der Waals surface area contributed by atoms with Crippen LogP contribution in [0.4, 0.5) is 10.1 Å². The zero-order valence-electron chi connectivity index (χ0n) is 9.34. The van der Waals surface area contributed by atoms with E-state index in [9.17, 15) is 9.50 Å². The first-order valence-electron chi connectivity index (χ1n) is 5.37. The molecule has 0 aliphatic rings. The van der Waals surface area contributed by atoms with E-state index in [0.29, 0.717) is 16.9 Å². The van der Waals surface area contributed by atoms with E-state index >= 15 is 0 Å². The molecule has 0 fully saturated rings. The Morgan fingerprint density at radius 3 is 2.83 bits per heavy atom. The van der Waals surface area contributed by atoms with Crippen LogP contribution in [0.2, 0.25) is 0 Å². The molecule has 90 valence electrons. The molecule has 18 heavy (non-hydrogen) atoms.